The summed E-state index contributed by atoms with van der Waals surface area (Å²) in [6, 6.07) is 13.9. The van der Waals surface area contributed by atoms with Gasteiger partial charge in [0, 0.05) is 4.47 Å². The summed E-state index contributed by atoms with van der Waals surface area (Å²) in [5.74, 6) is 0.826. The first-order valence-corrected chi connectivity index (χ1v) is 12.6. The van der Waals surface area contributed by atoms with E-state index in [9.17, 15) is 5.11 Å². The van der Waals surface area contributed by atoms with Crippen molar-refractivity contribution < 1.29 is 14.3 Å². The topological polar surface area (TPSA) is 38.7 Å². The molecule has 0 aromatic heterocycles. The monoisotopic (exact) mass is 436 g/mol. The molecule has 5 heteroatoms. The van der Waals surface area contributed by atoms with Gasteiger partial charge in [0.1, 0.15) is 12.4 Å². The van der Waals surface area contributed by atoms with Crippen LogP contribution >= 0.6 is 15.9 Å². The minimum atomic E-state index is -1.76. The molecule has 2 aromatic rings. The standard InChI is InChI=1S/C21H29BrO3Si/c1-21(2,3)26(4,5)25-15-16-7-6-8-20(12-16)24-14-18-9-17(13-23)10-19(22)11-18/h6-12,23H,13-15H2,1-5H3. The van der Waals surface area contributed by atoms with E-state index in [-0.39, 0.29) is 11.6 Å². The lowest BCUT2D eigenvalue weighted by molar-refractivity contribution is 0.273. The maximum Gasteiger partial charge on any atom is 0.192 e. The minimum Gasteiger partial charge on any atom is -0.489 e. The van der Waals surface area contributed by atoms with Gasteiger partial charge >= 0.3 is 0 Å². The van der Waals surface area contributed by atoms with E-state index in [0.29, 0.717) is 13.2 Å². The summed E-state index contributed by atoms with van der Waals surface area (Å²) < 4.78 is 13.2. The highest BCUT2D eigenvalue weighted by atomic mass is 79.9. The number of hydrogen-bond acceptors (Lipinski definition) is 3. The van der Waals surface area contributed by atoms with Gasteiger partial charge in [0.15, 0.2) is 8.32 Å². The van der Waals surface area contributed by atoms with Crippen molar-refractivity contribution in [2.45, 2.75) is 58.7 Å². The fourth-order valence-corrected chi connectivity index (χ4v) is 3.81. The fourth-order valence-electron chi connectivity index (χ4n) is 2.26. The molecule has 0 heterocycles. The molecular weight excluding hydrogens is 408 g/mol. The van der Waals surface area contributed by atoms with Gasteiger partial charge in [0.25, 0.3) is 0 Å². The molecule has 1 N–H and O–H groups in total. The Hall–Kier alpha value is -1.14. The van der Waals surface area contributed by atoms with Gasteiger partial charge in [-0.3, -0.25) is 0 Å². The Morgan fingerprint density at radius 3 is 2.31 bits per heavy atom. The van der Waals surface area contributed by atoms with Gasteiger partial charge in [-0.05, 0) is 59.1 Å². The van der Waals surface area contributed by atoms with Gasteiger partial charge in [-0.1, -0.05) is 54.9 Å². The Labute approximate surface area is 166 Å². The quantitative estimate of drug-likeness (QED) is 0.537. The summed E-state index contributed by atoms with van der Waals surface area (Å²) in [6.45, 7) is 12.4. The molecule has 26 heavy (non-hydrogen) atoms. The fraction of sp³-hybridized carbons (Fsp3) is 0.429. The number of aliphatic hydroxyl groups excluding tert-OH is 1. The van der Waals surface area contributed by atoms with Crippen LogP contribution in [0.3, 0.4) is 0 Å². The van der Waals surface area contributed by atoms with Crippen molar-refractivity contribution in [1.29, 1.82) is 0 Å². The molecule has 0 radical (unpaired) electrons. The first-order valence-electron chi connectivity index (χ1n) is 8.85. The predicted molar refractivity (Wildman–Crippen MR) is 113 cm³/mol. The molecule has 0 saturated carbocycles. The Kier molecular flexibility index (Phi) is 7.08. The van der Waals surface area contributed by atoms with Gasteiger partial charge < -0.3 is 14.3 Å². The molecule has 0 aliphatic rings. The number of hydrogen-bond donors (Lipinski definition) is 1. The minimum absolute atomic E-state index is 0.0206. The van der Waals surface area contributed by atoms with E-state index >= 15 is 0 Å². The highest BCUT2D eigenvalue weighted by Gasteiger charge is 2.36. The van der Waals surface area contributed by atoms with E-state index in [1.54, 1.807) is 0 Å². The molecular formula is C21H29BrO3Si. The Morgan fingerprint density at radius 1 is 0.962 bits per heavy atom. The van der Waals surface area contributed by atoms with E-state index in [1.165, 1.54) is 0 Å². The van der Waals surface area contributed by atoms with Crippen LogP contribution < -0.4 is 4.74 Å². The van der Waals surface area contributed by atoms with E-state index < -0.39 is 8.32 Å². The lowest BCUT2D eigenvalue weighted by Gasteiger charge is -2.36. The number of ether oxygens (including phenoxy) is 1. The summed E-state index contributed by atoms with van der Waals surface area (Å²) in [5, 5.41) is 9.52. The summed E-state index contributed by atoms with van der Waals surface area (Å²) in [6.07, 6.45) is 0. The molecule has 2 aromatic carbocycles. The van der Waals surface area contributed by atoms with Gasteiger partial charge in [0.2, 0.25) is 0 Å². The molecule has 0 atom stereocenters. The third kappa shape index (κ3) is 5.95. The molecule has 2 rings (SSSR count). The SMILES string of the molecule is CC(C)(C)[Si](C)(C)OCc1cccc(OCc2cc(Br)cc(CO)c2)c1. The molecule has 0 fully saturated rings. The largest absolute Gasteiger partial charge is 0.489 e. The van der Waals surface area contributed by atoms with Crippen LogP contribution in [0.25, 0.3) is 0 Å². The summed E-state index contributed by atoms with van der Waals surface area (Å²) in [4.78, 5) is 0. The Morgan fingerprint density at radius 2 is 1.65 bits per heavy atom. The van der Waals surface area contributed by atoms with Gasteiger partial charge in [0.05, 0.1) is 13.2 Å². The molecule has 0 spiro atoms. The van der Waals surface area contributed by atoms with Crippen LogP contribution in [0.15, 0.2) is 46.9 Å². The third-order valence-corrected chi connectivity index (χ3v) is 9.85. The van der Waals surface area contributed by atoms with Crippen LogP contribution in [0.1, 0.15) is 37.5 Å². The van der Waals surface area contributed by atoms with Crippen molar-refractivity contribution in [3.63, 3.8) is 0 Å². The van der Waals surface area contributed by atoms with Crippen LogP contribution in [-0.2, 0) is 24.2 Å². The van der Waals surface area contributed by atoms with E-state index in [2.05, 4.69) is 55.9 Å². The Balaban J connectivity index is 2.00. The first kappa shape index (κ1) is 21.2. The zero-order valence-corrected chi connectivity index (χ0v) is 18.9. The van der Waals surface area contributed by atoms with E-state index in [0.717, 1.165) is 26.9 Å². The molecule has 0 bridgehead atoms. The lowest BCUT2D eigenvalue weighted by Crippen LogP contribution is -2.40. The zero-order valence-electron chi connectivity index (χ0n) is 16.3. The van der Waals surface area contributed by atoms with E-state index in [1.807, 2.05) is 36.4 Å². The highest BCUT2D eigenvalue weighted by Crippen LogP contribution is 2.37. The van der Waals surface area contributed by atoms with Crippen LogP contribution in [0.5, 0.6) is 5.75 Å². The smallest absolute Gasteiger partial charge is 0.192 e. The molecule has 142 valence electrons. The van der Waals surface area contributed by atoms with Crippen molar-refractivity contribution in [1.82, 2.24) is 0 Å². The van der Waals surface area contributed by atoms with E-state index in [4.69, 9.17) is 9.16 Å². The second-order valence-corrected chi connectivity index (χ2v) is 13.8. The van der Waals surface area contributed by atoms with Crippen LogP contribution in [0, 0.1) is 0 Å². The summed E-state index contributed by atoms with van der Waals surface area (Å²) in [7, 11) is -1.76. The second-order valence-electron chi connectivity index (χ2n) is 8.11. The number of halogens is 1. The predicted octanol–water partition coefficient (Wildman–Crippen LogP) is 6.04. The van der Waals surface area contributed by atoms with Crippen molar-refractivity contribution >= 4 is 24.2 Å². The maximum atomic E-state index is 9.32. The Bertz CT molecular complexity index is 738. The first-order chi connectivity index (χ1) is 12.1. The van der Waals surface area contributed by atoms with Gasteiger partial charge in [-0.15, -0.1) is 0 Å². The van der Waals surface area contributed by atoms with Crippen molar-refractivity contribution in [2.24, 2.45) is 0 Å². The molecule has 0 aliphatic carbocycles. The highest BCUT2D eigenvalue weighted by molar-refractivity contribution is 9.10. The van der Waals surface area contributed by atoms with Crippen LogP contribution in [0.2, 0.25) is 18.1 Å². The number of aliphatic hydroxyl groups is 1. The zero-order chi connectivity index (χ0) is 19.4. The molecule has 3 nitrogen and oxygen atoms in total. The van der Waals surface area contributed by atoms with Crippen LogP contribution in [0.4, 0.5) is 0 Å². The number of rotatable bonds is 7. The number of benzene rings is 2. The van der Waals surface area contributed by atoms with Crippen molar-refractivity contribution in [3.05, 3.63) is 63.6 Å². The third-order valence-electron chi connectivity index (χ3n) is 4.91. The summed E-state index contributed by atoms with van der Waals surface area (Å²) in [5.41, 5.74) is 3.01. The molecule has 0 amide bonds. The molecule has 0 unspecified atom stereocenters. The normalized spacial score (nSPS) is 12.3. The second kappa shape index (κ2) is 8.70. The average Bonchev–Trinajstić information content (AvgIpc) is 2.57. The van der Waals surface area contributed by atoms with Gasteiger partial charge in [-0.2, -0.15) is 0 Å². The lowest BCUT2D eigenvalue weighted by atomic mass is 10.1. The maximum absolute atomic E-state index is 9.32. The average molecular weight is 437 g/mol. The summed E-state index contributed by atoms with van der Waals surface area (Å²) >= 11 is 3.47. The molecule has 0 saturated heterocycles. The van der Waals surface area contributed by atoms with Crippen molar-refractivity contribution in [3.8, 4) is 5.75 Å². The molecule has 0 aliphatic heterocycles. The van der Waals surface area contributed by atoms with Crippen LogP contribution in [-0.4, -0.2) is 13.4 Å². The van der Waals surface area contributed by atoms with Crippen molar-refractivity contribution in [2.75, 3.05) is 0 Å². The van der Waals surface area contributed by atoms with Gasteiger partial charge in [-0.25, -0.2) is 0 Å².